The molecule has 2 nitrogen and oxygen atoms in total. The van der Waals surface area contributed by atoms with E-state index >= 15 is 0 Å². The SMILES string of the molecule is CCC1CCC(Oc2cccc(CC(C)N)c2)CC1. The third kappa shape index (κ3) is 4.54. The fraction of sp³-hybridized carbons (Fsp3) is 0.647. The van der Waals surface area contributed by atoms with E-state index in [1.807, 2.05) is 6.92 Å². The Morgan fingerprint density at radius 3 is 2.63 bits per heavy atom. The summed E-state index contributed by atoms with van der Waals surface area (Å²) >= 11 is 0. The number of hydrogen-bond acceptors (Lipinski definition) is 2. The fourth-order valence-corrected chi connectivity index (χ4v) is 2.97. The van der Waals surface area contributed by atoms with Crippen molar-refractivity contribution in [2.24, 2.45) is 11.7 Å². The Hall–Kier alpha value is -1.02. The van der Waals surface area contributed by atoms with Crippen molar-refractivity contribution in [3.63, 3.8) is 0 Å². The molecule has 2 rings (SSSR count). The smallest absolute Gasteiger partial charge is 0.119 e. The van der Waals surface area contributed by atoms with Crippen LogP contribution in [0.1, 0.15) is 51.5 Å². The van der Waals surface area contributed by atoms with E-state index in [4.69, 9.17) is 10.5 Å². The highest BCUT2D eigenvalue weighted by Gasteiger charge is 2.21. The van der Waals surface area contributed by atoms with Gasteiger partial charge >= 0.3 is 0 Å². The molecule has 0 bridgehead atoms. The van der Waals surface area contributed by atoms with E-state index in [1.54, 1.807) is 0 Å². The molecule has 1 fully saturated rings. The van der Waals surface area contributed by atoms with Crippen LogP contribution >= 0.6 is 0 Å². The van der Waals surface area contributed by atoms with Crippen LogP contribution in [0.4, 0.5) is 0 Å². The lowest BCUT2D eigenvalue weighted by atomic mass is 9.86. The first kappa shape index (κ1) is 14.4. The summed E-state index contributed by atoms with van der Waals surface area (Å²) in [5.74, 6) is 1.93. The van der Waals surface area contributed by atoms with Crippen LogP contribution in [0.25, 0.3) is 0 Å². The summed E-state index contributed by atoms with van der Waals surface area (Å²) in [5, 5.41) is 0. The normalized spacial score (nSPS) is 25.0. The Labute approximate surface area is 117 Å². The first-order valence-electron chi connectivity index (χ1n) is 7.68. The molecule has 1 aromatic carbocycles. The summed E-state index contributed by atoms with van der Waals surface area (Å²) in [6.45, 7) is 4.34. The molecule has 0 amide bonds. The lowest BCUT2D eigenvalue weighted by molar-refractivity contribution is 0.130. The molecule has 0 radical (unpaired) electrons. The zero-order valence-electron chi connectivity index (χ0n) is 12.3. The Bertz CT molecular complexity index is 381. The van der Waals surface area contributed by atoms with E-state index in [1.165, 1.54) is 37.7 Å². The summed E-state index contributed by atoms with van der Waals surface area (Å²) in [6, 6.07) is 8.62. The molecule has 1 aliphatic rings. The fourth-order valence-electron chi connectivity index (χ4n) is 2.97. The molecule has 0 spiro atoms. The zero-order chi connectivity index (χ0) is 13.7. The molecule has 0 aliphatic heterocycles. The van der Waals surface area contributed by atoms with Gasteiger partial charge in [-0.05, 0) is 62.6 Å². The van der Waals surface area contributed by atoms with Gasteiger partial charge in [0.2, 0.25) is 0 Å². The van der Waals surface area contributed by atoms with E-state index in [2.05, 4.69) is 31.2 Å². The monoisotopic (exact) mass is 261 g/mol. The summed E-state index contributed by atoms with van der Waals surface area (Å²) < 4.78 is 6.13. The average Bonchev–Trinajstić information content (AvgIpc) is 2.39. The maximum absolute atomic E-state index is 6.13. The molecule has 1 aromatic rings. The van der Waals surface area contributed by atoms with Gasteiger partial charge in [-0.3, -0.25) is 0 Å². The van der Waals surface area contributed by atoms with Gasteiger partial charge in [0.15, 0.2) is 0 Å². The summed E-state index contributed by atoms with van der Waals surface area (Å²) in [4.78, 5) is 0. The predicted molar refractivity (Wildman–Crippen MR) is 80.5 cm³/mol. The van der Waals surface area contributed by atoms with Crippen LogP contribution in [-0.2, 0) is 6.42 Å². The molecule has 106 valence electrons. The molecule has 19 heavy (non-hydrogen) atoms. The van der Waals surface area contributed by atoms with Crippen LogP contribution in [0, 0.1) is 5.92 Å². The topological polar surface area (TPSA) is 35.2 Å². The minimum absolute atomic E-state index is 0.204. The van der Waals surface area contributed by atoms with E-state index in [9.17, 15) is 0 Å². The Morgan fingerprint density at radius 2 is 2.00 bits per heavy atom. The van der Waals surface area contributed by atoms with Crippen molar-refractivity contribution in [2.75, 3.05) is 0 Å². The molecule has 1 unspecified atom stereocenters. The van der Waals surface area contributed by atoms with Crippen molar-refractivity contribution in [1.29, 1.82) is 0 Å². The van der Waals surface area contributed by atoms with E-state index in [0.717, 1.165) is 18.1 Å². The largest absolute Gasteiger partial charge is 0.490 e. The molecule has 1 atom stereocenters. The minimum Gasteiger partial charge on any atom is -0.490 e. The highest BCUT2D eigenvalue weighted by atomic mass is 16.5. The standard InChI is InChI=1S/C17H27NO/c1-3-14-7-9-16(10-8-14)19-17-6-4-5-15(12-17)11-13(2)18/h4-6,12-14,16H,3,7-11,18H2,1-2H3. The average molecular weight is 261 g/mol. The lowest BCUT2D eigenvalue weighted by Gasteiger charge is -2.28. The van der Waals surface area contributed by atoms with Crippen LogP contribution in [0.3, 0.4) is 0 Å². The lowest BCUT2D eigenvalue weighted by Crippen LogP contribution is -2.24. The Balaban J connectivity index is 1.89. The first-order chi connectivity index (χ1) is 9.17. The van der Waals surface area contributed by atoms with E-state index in [0.29, 0.717) is 6.10 Å². The summed E-state index contributed by atoms with van der Waals surface area (Å²) in [7, 11) is 0. The number of benzene rings is 1. The van der Waals surface area contributed by atoms with Gasteiger partial charge in [0.1, 0.15) is 5.75 Å². The molecule has 1 saturated carbocycles. The molecular formula is C17H27NO. The molecule has 0 heterocycles. The van der Waals surface area contributed by atoms with Gasteiger partial charge in [-0.25, -0.2) is 0 Å². The first-order valence-corrected chi connectivity index (χ1v) is 7.68. The van der Waals surface area contributed by atoms with Gasteiger partial charge in [0.05, 0.1) is 6.10 Å². The van der Waals surface area contributed by atoms with Gasteiger partial charge in [-0.15, -0.1) is 0 Å². The Morgan fingerprint density at radius 1 is 1.26 bits per heavy atom. The van der Waals surface area contributed by atoms with Gasteiger partial charge in [0.25, 0.3) is 0 Å². The molecular weight excluding hydrogens is 234 g/mol. The van der Waals surface area contributed by atoms with Crippen LogP contribution in [-0.4, -0.2) is 12.1 Å². The maximum atomic E-state index is 6.13. The van der Waals surface area contributed by atoms with Crippen molar-refractivity contribution >= 4 is 0 Å². The van der Waals surface area contributed by atoms with Crippen LogP contribution in [0.15, 0.2) is 24.3 Å². The summed E-state index contributed by atoms with van der Waals surface area (Å²) in [5.41, 5.74) is 7.12. The van der Waals surface area contributed by atoms with E-state index < -0.39 is 0 Å². The third-order valence-electron chi connectivity index (χ3n) is 4.13. The van der Waals surface area contributed by atoms with Gasteiger partial charge < -0.3 is 10.5 Å². The molecule has 2 N–H and O–H groups in total. The number of rotatable bonds is 5. The number of hydrogen-bond donors (Lipinski definition) is 1. The van der Waals surface area contributed by atoms with Crippen molar-refractivity contribution < 1.29 is 4.74 Å². The van der Waals surface area contributed by atoms with Gasteiger partial charge in [-0.1, -0.05) is 25.5 Å². The number of nitrogens with two attached hydrogens (primary N) is 1. The Kier molecular flexibility index (Phi) is 5.26. The number of ether oxygens (including phenoxy) is 1. The minimum atomic E-state index is 0.204. The van der Waals surface area contributed by atoms with Crippen LogP contribution in [0.2, 0.25) is 0 Å². The van der Waals surface area contributed by atoms with Crippen molar-refractivity contribution in [1.82, 2.24) is 0 Å². The second-order valence-corrected chi connectivity index (χ2v) is 6.00. The van der Waals surface area contributed by atoms with Gasteiger partial charge in [0, 0.05) is 6.04 Å². The van der Waals surface area contributed by atoms with Crippen molar-refractivity contribution in [2.45, 2.75) is 64.5 Å². The molecule has 0 aromatic heterocycles. The highest BCUT2D eigenvalue weighted by Crippen LogP contribution is 2.29. The third-order valence-corrected chi connectivity index (χ3v) is 4.13. The second kappa shape index (κ2) is 6.95. The highest BCUT2D eigenvalue weighted by molar-refractivity contribution is 5.29. The molecule has 1 aliphatic carbocycles. The second-order valence-electron chi connectivity index (χ2n) is 6.00. The molecule has 0 saturated heterocycles. The predicted octanol–water partition coefficient (Wildman–Crippen LogP) is 3.92. The van der Waals surface area contributed by atoms with Crippen molar-refractivity contribution in [3.8, 4) is 5.75 Å². The zero-order valence-corrected chi connectivity index (χ0v) is 12.3. The summed E-state index contributed by atoms with van der Waals surface area (Å²) in [6.07, 6.45) is 7.69. The quantitative estimate of drug-likeness (QED) is 0.871. The molecule has 2 heteroatoms. The maximum Gasteiger partial charge on any atom is 0.119 e. The van der Waals surface area contributed by atoms with Crippen LogP contribution in [0.5, 0.6) is 5.75 Å². The van der Waals surface area contributed by atoms with Gasteiger partial charge in [-0.2, -0.15) is 0 Å². The van der Waals surface area contributed by atoms with Crippen LogP contribution < -0.4 is 10.5 Å². The van der Waals surface area contributed by atoms with Crippen molar-refractivity contribution in [3.05, 3.63) is 29.8 Å². The van der Waals surface area contributed by atoms with E-state index in [-0.39, 0.29) is 6.04 Å².